The third-order valence-electron chi connectivity index (χ3n) is 3.82. The van der Waals surface area contributed by atoms with Crippen LogP contribution in [0.5, 0.6) is 0 Å². The molecule has 0 saturated carbocycles. The Morgan fingerprint density at radius 1 is 1.29 bits per heavy atom. The molecule has 1 aromatic heterocycles. The highest BCUT2D eigenvalue weighted by Gasteiger charge is 2.30. The standard InChI is InChI=1S/C15H27N3O3/c1-5-6-16-11(4)13(10(2)3)15-17-14(18-21-15)12-9-19-7-8-20-12/h10-13,16H,5-9H2,1-4H3. The van der Waals surface area contributed by atoms with Crippen LogP contribution < -0.4 is 5.32 Å². The predicted molar refractivity (Wildman–Crippen MR) is 79.1 cm³/mol. The van der Waals surface area contributed by atoms with E-state index >= 15 is 0 Å². The molecule has 2 rings (SSSR count). The second-order valence-electron chi connectivity index (χ2n) is 5.94. The summed E-state index contributed by atoms with van der Waals surface area (Å²) in [6, 6.07) is 0.293. The van der Waals surface area contributed by atoms with E-state index in [0.29, 0.717) is 43.5 Å². The van der Waals surface area contributed by atoms with Gasteiger partial charge in [0.25, 0.3) is 0 Å². The van der Waals surface area contributed by atoms with Crippen molar-refractivity contribution in [3.8, 4) is 0 Å². The van der Waals surface area contributed by atoms with Crippen LogP contribution in [-0.2, 0) is 9.47 Å². The largest absolute Gasteiger partial charge is 0.376 e. The summed E-state index contributed by atoms with van der Waals surface area (Å²) >= 11 is 0. The van der Waals surface area contributed by atoms with Crippen LogP contribution in [-0.4, -0.2) is 42.5 Å². The molecule has 1 aromatic rings. The molecule has 1 N–H and O–H groups in total. The summed E-state index contributed by atoms with van der Waals surface area (Å²) in [7, 11) is 0. The monoisotopic (exact) mass is 297 g/mol. The van der Waals surface area contributed by atoms with Gasteiger partial charge in [0.05, 0.1) is 25.7 Å². The molecule has 3 atom stereocenters. The van der Waals surface area contributed by atoms with Gasteiger partial charge in [-0.05, 0) is 25.8 Å². The summed E-state index contributed by atoms with van der Waals surface area (Å²) in [6.07, 6.45) is 0.903. The van der Waals surface area contributed by atoms with E-state index in [-0.39, 0.29) is 12.0 Å². The Morgan fingerprint density at radius 3 is 2.71 bits per heavy atom. The van der Waals surface area contributed by atoms with Crippen molar-refractivity contribution in [2.75, 3.05) is 26.4 Å². The van der Waals surface area contributed by atoms with E-state index < -0.39 is 0 Å². The van der Waals surface area contributed by atoms with Gasteiger partial charge in [-0.3, -0.25) is 0 Å². The van der Waals surface area contributed by atoms with Crippen molar-refractivity contribution >= 4 is 0 Å². The van der Waals surface area contributed by atoms with Crippen molar-refractivity contribution in [1.82, 2.24) is 15.5 Å². The van der Waals surface area contributed by atoms with Crippen molar-refractivity contribution in [3.63, 3.8) is 0 Å². The number of nitrogens with zero attached hydrogens (tertiary/aromatic N) is 2. The maximum Gasteiger partial charge on any atom is 0.231 e. The predicted octanol–water partition coefficient (Wildman–Crippen LogP) is 2.29. The van der Waals surface area contributed by atoms with Crippen LogP contribution in [0.1, 0.15) is 57.9 Å². The summed E-state index contributed by atoms with van der Waals surface area (Å²) < 4.78 is 16.5. The zero-order valence-corrected chi connectivity index (χ0v) is 13.5. The molecule has 6 nitrogen and oxygen atoms in total. The molecule has 6 heteroatoms. The summed E-state index contributed by atoms with van der Waals surface area (Å²) in [5.74, 6) is 1.90. The minimum Gasteiger partial charge on any atom is -0.376 e. The Hall–Kier alpha value is -0.980. The Kier molecular flexibility index (Phi) is 6.14. The number of aromatic nitrogens is 2. The minimum atomic E-state index is -0.206. The molecule has 120 valence electrons. The van der Waals surface area contributed by atoms with Gasteiger partial charge in [-0.2, -0.15) is 4.98 Å². The van der Waals surface area contributed by atoms with Gasteiger partial charge in [0.2, 0.25) is 11.7 Å². The van der Waals surface area contributed by atoms with E-state index in [1.807, 2.05) is 0 Å². The van der Waals surface area contributed by atoms with Crippen molar-refractivity contribution in [1.29, 1.82) is 0 Å². The summed E-state index contributed by atoms with van der Waals surface area (Å²) in [6.45, 7) is 11.4. The Bertz CT molecular complexity index is 416. The lowest BCUT2D eigenvalue weighted by molar-refractivity contribution is -0.0941. The van der Waals surface area contributed by atoms with E-state index in [0.717, 1.165) is 13.0 Å². The van der Waals surface area contributed by atoms with E-state index in [1.54, 1.807) is 0 Å². The molecule has 0 aliphatic carbocycles. The molecule has 0 amide bonds. The Morgan fingerprint density at radius 2 is 2.10 bits per heavy atom. The second-order valence-corrected chi connectivity index (χ2v) is 5.94. The molecule has 0 bridgehead atoms. The molecular formula is C15H27N3O3. The van der Waals surface area contributed by atoms with Gasteiger partial charge in [-0.25, -0.2) is 0 Å². The van der Waals surface area contributed by atoms with Crippen molar-refractivity contribution in [3.05, 3.63) is 11.7 Å². The van der Waals surface area contributed by atoms with Crippen LogP contribution in [0.2, 0.25) is 0 Å². The highest BCUT2D eigenvalue weighted by molar-refractivity contribution is 5.02. The number of hydrogen-bond donors (Lipinski definition) is 1. The fourth-order valence-electron chi connectivity index (χ4n) is 2.73. The van der Waals surface area contributed by atoms with E-state index in [2.05, 4.69) is 43.2 Å². The quantitative estimate of drug-likeness (QED) is 0.832. The first kappa shape index (κ1) is 16.4. The first-order valence-electron chi connectivity index (χ1n) is 7.89. The maximum absolute atomic E-state index is 5.62. The molecule has 3 unspecified atom stereocenters. The molecule has 1 aliphatic rings. The lowest BCUT2D eigenvalue weighted by Gasteiger charge is -2.25. The normalized spacial score (nSPS) is 22.4. The zero-order chi connectivity index (χ0) is 15.2. The fourth-order valence-corrected chi connectivity index (χ4v) is 2.73. The van der Waals surface area contributed by atoms with Crippen LogP contribution >= 0.6 is 0 Å². The third kappa shape index (κ3) is 4.25. The van der Waals surface area contributed by atoms with Crippen LogP contribution in [0, 0.1) is 5.92 Å². The van der Waals surface area contributed by atoms with Gasteiger partial charge < -0.3 is 19.3 Å². The molecule has 2 heterocycles. The Labute approximate surface area is 126 Å². The topological polar surface area (TPSA) is 69.4 Å². The SMILES string of the molecule is CCCNC(C)C(c1nc(C2COCCO2)no1)C(C)C. The van der Waals surface area contributed by atoms with Gasteiger partial charge in [0, 0.05) is 6.04 Å². The minimum absolute atomic E-state index is 0.197. The number of nitrogens with one attached hydrogen (secondary N) is 1. The number of ether oxygens (including phenoxy) is 2. The fraction of sp³-hybridized carbons (Fsp3) is 0.867. The van der Waals surface area contributed by atoms with Crippen LogP contribution in [0.3, 0.4) is 0 Å². The van der Waals surface area contributed by atoms with Crippen molar-refractivity contribution in [2.24, 2.45) is 5.92 Å². The van der Waals surface area contributed by atoms with Gasteiger partial charge in [0.15, 0.2) is 0 Å². The Balaban J connectivity index is 2.08. The van der Waals surface area contributed by atoms with Crippen LogP contribution in [0.25, 0.3) is 0 Å². The van der Waals surface area contributed by atoms with E-state index in [1.165, 1.54) is 0 Å². The van der Waals surface area contributed by atoms with E-state index in [9.17, 15) is 0 Å². The summed E-state index contributed by atoms with van der Waals surface area (Å²) in [4.78, 5) is 4.56. The summed E-state index contributed by atoms with van der Waals surface area (Å²) in [5.41, 5.74) is 0. The van der Waals surface area contributed by atoms with E-state index in [4.69, 9.17) is 14.0 Å². The molecule has 1 aliphatic heterocycles. The van der Waals surface area contributed by atoms with Gasteiger partial charge in [0.1, 0.15) is 6.10 Å². The smallest absolute Gasteiger partial charge is 0.231 e. The molecule has 1 fully saturated rings. The first-order valence-corrected chi connectivity index (χ1v) is 7.89. The molecule has 1 saturated heterocycles. The lowest BCUT2D eigenvalue weighted by atomic mass is 9.89. The van der Waals surface area contributed by atoms with Crippen LogP contribution in [0.4, 0.5) is 0 Å². The summed E-state index contributed by atoms with van der Waals surface area (Å²) in [5, 5.41) is 7.60. The average Bonchev–Trinajstić information content (AvgIpc) is 2.95. The van der Waals surface area contributed by atoms with Crippen molar-refractivity contribution < 1.29 is 14.0 Å². The number of hydrogen-bond acceptors (Lipinski definition) is 6. The third-order valence-corrected chi connectivity index (χ3v) is 3.82. The van der Waals surface area contributed by atoms with Crippen LogP contribution in [0.15, 0.2) is 4.52 Å². The first-order chi connectivity index (χ1) is 10.1. The van der Waals surface area contributed by atoms with Gasteiger partial charge >= 0.3 is 0 Å². The highest BCUT2D eigenvalue weighted by Crippen LogP contribution is 2.28. The lowest BCUT2D eigenvalue weighted by Crippen LogP contribution is -2.35. The maximum atomic E-state index is 5.62. The highest BCUT2D eigenvalue weighted by atomic mass is 16.6. The molecular weight excluding hydrogens is 270 g/mol. The zero-order valence-electron chi connectivity index (χ0n) is 13.5. The second kappa shape index (κ2) is 7.87. The van der Waals surface area contributed by atoms with Crippen molar-refractivity contribution in [2.45, 2.75) is 52.2 Å². The number of rotatable bonds is 7. The van der Waals surface area contributed by atoms with Gasteiger partial charge in [-0.1, -0.05) is 25.9 Å². The molecule has 0 spiro atoms. The average molecular weight is 297 g/mol. The molecule has 0 radical (unpaired) electrons. The molecule has 21 heavy (non-hydrogen) atoms. The van der Waals surface area contributed by atoms with Gasteiger partial charge in [-0.15, -0.1) is 0 Å². The molecule has 0 aromatic carbocycles.